The van der Waals surface area contributed by atoms with Crippen molar-refractivity contribution in [3.63, 3.8) is 0 Å². The number of anilines is 2. The molecule has 2 aromatic carbocycles. The molecule has 0 atom stereocenters. The molecule has 2 rings (SSSR count). The Hall–Kier alpha value is -1.96. The topological polar surface area (TPSA) is 75.7 Å². The van der Waals surface area contributed by atoms with Crippen LogP contribution in [-0.4, -0.2) is 34.2 Å². The van der Waals surface area contributed by atoms with Gasteiger partial charge in [-0.3, -0.25) is 9.10 Å². The third-order valence-corrected chi connectivity index (χ3v) is 5.15. The molecule has 0 aliphatic carbocycles. The van der Waals surface area contributed by atoms with Crippen molar-refractivity contribution in [2.75, 3.05) is 29.5 Å². The highest BCUT2D eigenvalue weighted by molar-refractivity contribution is 7.92. The third-order valence-electron chi connectivity index (χ3n) is 3.55. The second kappa shape index (κ2) is 8.16. The number of carbonyl (C=O) groups excluding carboxylic acids is 1. The van der Waals surface area contributed by atoms with E-state index in [9.17, 15) is 13.2 Å². The van der Waals surface area contributed by atoms with Crippen molar-refractivity contribution in [3.8, 4) is 5.75 Å². The van der Waals surface area contributed by atoms with Gasteiger partial charge in [0, 0.05) is 10.0 Å². The standard InChI is InChI=1S/C17H18Cl2N2O4S/c1-11-8-12(18)4-6-15(11)21(26(3,23)24)10-17(22)20-14-9-13(19)5-7-16(14)25-2/h4-9H,10H2,1-3H3,(H,20,22). The van der Waals surface area contributed by atoms with Crippen LogP contribution < -0.4 is 14.4 Å². The molecule has 0 radical (unpaired) electrons. The summed E-state index contributed by atoms with van der Waals surface area (Å²) in [7, 11) is -2.24. The summed E-state index contributed by atoms with van der Waals surface area (Å²) in [6.07, 6.45) is 1.04. The molecule has 0 saturated carbocycles. The second-order valence-corrected chi connectivity index (χ2v) is 8.37. The number of ether oxygens (including phenoxy) is 1. The number of rotatable bonds is 6. The smallest absolute Gasteiger partial charge is 0.245 e. The van der Waals surface area contributed by atoms with Crippen LogP contribution in [0.25, 0.3) is 0 Å². The number of halogens is 2. The lowest BCUT2D eigenvalue weighted by Gasteiger charge is -2.24. The van der Waals surface area contributed by atoms with Crippen molar-refractivity contribution < 1.29 is 17.9 Å². The molecule has 0 spiro atoms. The highest BCUT2D eigenvalue weighted by Gasteiger charge is 2.23. The monoisotopic (exact) mass is 416 g/mol. The van der Waals surface area contributed by atoms with Gasteiger partial charge in [-0.15, -0.1) is 0 Å². The van der Waals surface area contributed by atoms with Crippen molar-refractivity contribution in [1.82, 2.24) is 0 Å². The van der Waals surface area contributed by atoms with Crippen LogP contribution in [0.1, 0.15) is 5.56 Å². The first-order chi connectivity index (χ1) is 12.1. The summed E-state index contributed by atoms with van der Waals surface area (Å²) < 4.78 is 30.6. The Balaban J connectivity index is 2.30. The fraction of sp³-hybridized carbons (Fsp3) is 0.235. The third kappa shape index (κ3) is 5.03. The summed E-state index contributed by atoms with van der Waals surface area (Å²) in [6.45, 7) is 1.31. The van der Waals surface area contributed by atoms with Crippen LogP contribution in [0.4, 0.5) is 11.4 Å². The number of methoxy groups -OCH3 is 1. The molecule has 0 bridgehead atoms. The molecule has 1 N–H and O–H groups in total. The van der Waals surface area contributed by atoms with Gasteiger partial charge in [-0.25, -0.2) is 8.42 Å². The summed E-state index contributed by atoms with van der Waals surface area (Å²) in [5.74, 6) is -0.123. The van der Waals surface area contributed by atoms with Gasteiger partial charge in [0.25, 0.3) is 0 Å². The molecule has 2 aromatic rings. The van der Waals surface area contributed by atoms with Crippen LogP contribution >= 0.6 is 23.2 Å². The number of hydrogen-bond donors (Lipinski definition) is 1. The Labute approximate surface area is 162 Å². The molecule has 0 aromatic heterocycles. The van der Waals surface area contributed by atoms with E-state index in [-0.39, 0.29) is 0 Å². The molecule has 0 saturated heterocycles. The van der Waals surface area contributed by atoms with Crippen LogP contribution in [0.5, 0.6) is 5.75 Å². The van der Waals surface area contributed by atoms with E-state index >= 15 is 0 Å². The average Bonchev–Trinajstić information content (AvgIpc) is 2.52. The van der Waals surface area contributed by atoms with E-state index in [4.69, 9.17) is 27.9 Å². The first kappa shape index (κ1) is 20.4. The molecule has 6 nitrogen and oxygen atoms in total. The van der Waals surface area contributed by atoms with Crippen LogP contribution in [-0.2, 0) is 14.8 Å². The quantitative estimate of drug-likeness (QED) is 0.778. The van der Waals surface area contributed by atoms with E-state index in [0.717, 1.165) is 10.6 Å². The first-order valence-corrected chi connectivity index (χ1v) is 10.1. The zero-order valence-electron chi connectivity index (χ0n) is 14.4. The number of nitrogens with one attached hydrogen (secondary N) is 1. The fourth-order valence-electron chi connectivity index (χ4n) is 2.38. The summed E-state index contributed by atoms with van der Waals surface area (Å²) in [4.78, 5) is 12.5. The Morgan fingerprint density at radius 1 is 1.15 bits per heavy atom. The molecular formula is C17H18Cl2N2O4S. The van der Waals surface area contributed by atoms with Gasteiger partial charge in [0.05, 0.1) is 24.7 Å². The van der Waals surface area contributed by atoms with Gasteiger partial charge in [-0.2, -0.15) is 0 Å². The second-order valence-electron chi connectivity index (χ2n) is 5.59. The van der Waals surface area contributed by atoms with E-state index < -0.39 is 22.5 Å². The van der Waals surface area contributed by atoms with Crippen LogP contribution in [0, 0.1) is 6.92 Å². The van der Waals surface area contributed by atoms with Gasteiger partial charge in [0.1, 0.15) is 12.3 Å². The summed E-state index contributed by atoms with van der Waals surface area (Å²) in [5.41, 5.74) is 1.37. The van der Waals surface area contributed by atoms with Crippen molar-refractivity contribution in [3.05, 3.63) is 52.0 Å². The largest absolute Gasteiger partial charge is 0.495 e. The molecular weight excluding hydrogens is 399 g/mol. The number of aryl methyl sites for hydroxylation is 1. The van der Waals surface area contributed by atoms with Crippen LogP contribution in [0.15, 0.2) is 36.4 Å². The Morgan fingerprint density at radius 3 is 2.35 bits per heavy atom. The van der Waals surface area contributed by atoms with E-state index in [1.54, 1.807) is 37.3 Å². The molecule has 0 unspecified atom stereocenters. The van der Waals surface area contributed by atoms with E-state index in [0.29, 0.717) is 32.7 Å². The van der Waals surface area contributed by atoms with Gasteiger partial charge < -0.3 is 10.1 Å². The normalized spacial score (nSPS) is 11.1. The molecule has 0 aliphatic rings. The fourth-order valence-corrected chi connectivity index (χ4v) is 3.69. The predicted molar refractivity (Wildman–Crippen MR) is 105 cm³/mol. The van der Waals surface area contributed by atoms with E-state index in [1.165, 1.54) is 13.2 Å². The lowest BCUT2D eigenvalue weighted by Crippen LogP contribution is -2.37. The Kier molecular flexibility index (Phi) is 6.39. The summed E-state index contributed by atoms with van der Waals surface area (Å²) >= 11 is 11.9. The summed E-state index contributed by atoms with van der Waals surface area (Å²) in [5, 5.41) is 3.52. The number of sulfonamides is 1. The van der Waals surface area contributed by atoms with Crippen LogP contribution in [0.2, 0.25) is 10.0 Å². The molecule has 26 heavy (non-hydrogen) atoms. The average molecular weight is 417 g/mol. The van der Waals surface area contributed by atoms with Gasteiger partial charge in [-0.05, 0) is 48.9 Å². The van der Waals surface area contributed by atoms with Crippen molar-refractivity contribution in [2.45, 2.75) is 6.92 Å². The maximum absolute atomic E-state index is 12.5. The maximum atomic E-state index is 12.5. The lowest BCUT2D eigenvalue weighted by molar-refractivity contribution is -0.114. The number of nitrogens with zero attached hydrogens (tertiary/aromatic N) is 1. The van der Waals surface area contributed by atoms with E-state index in [1.807, 2.05) is 0 Å². The molecule has 140 valence electrons. The minimum absolute atomic E-state index is 0.353. The highest BCUT2D eigenvalue weighted by atomic mass is 35.5. The van der Waals surface area contributed by atoms with E-state index in [2.05, 4.69) is 5.32 Å². The van der Waals surface area contributed by atoms with Gasteiger partial charge in [0.15, 0.2) is 0 Å². The number of benzene rings is 2. The zero-order chi connectivity index (χ0) is 19.5. The molecule has 0 fully saturated rings. The molecule has 0 aliphatic heterocycles. The molecule has 1 amide bonds. The highest BCUT2D eigenvalue weighted by Crippen LogP contribution is 2.29. The predicted octanol–water partition coefficient (Wildman–Crippen LogP) is 3.72. The lowest BCUT2D eigenvalue weighted by atomic mass is 10.2. The Morgan fingerprint density at radius 2 is 1.77 bits per heavy atom. The number of hydrogen-bond acceptors (Lipinski definition) is 4. The van der Waals surface area contributed by atoms with Crippen molar-refractivity contribution in [1.29, 1.82) is 0 Å². The van der Waals surface area contributed by atoms with Gasteiger partial charge in [-0.1, -0.05) is 23.2 Å². The molecule has 0 heterocycles. The molecule has 9 heteroatoms. The first-order valence-electron chi connectivity index (χ1n) is 7.49. The summed E-state index contributed by atoms with van der Waals surface area (Å²) in [6, 6.07) is 9.51. The number of amides is 1. The van der Waals surface area contributed by atoms with Crippen molar-refractivity contribution >= 4 is 50.5 Å². The minimum atomic E-state index is -3.69. The minimum Gasteiger partial charge on any atom is -0.495 e. The van der Waals surface area contributed by atoms with Gasteiger partial charge >= 0.3 is 0 Å². The van der Waals surface area contributed by atoms with Crippen molar-refractivity contribution in [2.24, 2.45) is 0 Å². The van der Waals surface area contributed by atoms with Gasteiger partial charge in [0.2, 0.25) is 15.9 Å². The SMILES string of the molecule is COc1ccc(Cl)cc1NC(=O)CN(c1ccc(Cl)cc1C)S(C)(=O)=O. The maximum Gasteiger partial charge on any atom is 0.245 e. The number of carbonyl (C=O) groups is 1. The van der Waals surface area contributed by atoms with Crippen LogP contribution in [0.3, 0.4) is 0 Å². The zero-order valence-corrected chi connectivity index (χ0v) is 16.7. The Bertz CT molecular complexity index is 932.